The number of nitrogens with one attached hydrogen (secondary N) is 1. The number of ether oxygens (including phenoxy) is 1. The van der Waals surface area contributed by atoms with E-state index in [9.17, 15) is 4.79 Å². The number of aromatic nitrogens is 4. The molecule has 0 saturated carbocycles. The summed E-state index contributed by atoms with van der Waals surface area (Å²) in [6.45, 7) is 1.05. The van der Waals surface area contributed by atoms with Crippen molar-refractivity contribution in [3.63, 3.8) is 0 Å². The van der Waals surface area contributed by atoms with Gasteiger partial charge in [-0.25, -0.2) is 14.6 Å². The van der Waals surface area contributed by atoms with Crippen molar-refractivity contribution in [3.05, 3.63) is 36.5 Å². The van der Waals surface area contributed by atoms with Crippen LogP contribution in [0, 0.1) is 0 Å². The van der Waals surface area contributed by atoms with Gasteiger partial charge in [0, 0.05) is 24.9 Å². The van der Waals surface area contributed by atoms with Gasteiger partial charge in [0.15, 0.2) is 5.82 Å². The summed E-state index contributed by atoms with van der Waals surface area (Å²) in [6.07, 6.45) is 6.12. The van der Waals surface area contributed by atoms with Gasteiger partial charge in [-0.1, -0.05) is 6.07 Å². The van der Waals surface area contributed by atoms with E-state index in [1.165, 1.54) is 6.33 Å². The summed E-state index contributed by atoms with van der Waals surface area (Å²) in [5.41, 5.74) is 0.879. The molecule has 0 radical (unpaired) electrons. The van der Waals surface area contributed by atoms with Crippen LogP contribution in [0.15, 0.2) is 31.0 Å². The van der Waals surface area contributed by atoms with Gasteiger partial charge in [-0.2, -0.15) is 5.10 Å². The summed E-state index contributed by atoms with van der Waals surface area (Å²) in [4.78, 5) is 20.1. The van der Waals surface area contributed by atoms with Crippen LogP contribution in [-0.2, 0) is 16.1 Å². The van der Waals surface area contributed by atoms with Crippen LogP contribution in [0.4, 0.5) is 0 Å². The van der Waals surface area contributed by atoms with Gasteiger partial charge in [-0.15, -0.1) is 0 Å². The van der Waals surface area contributed by atoms with Gasteiger partial charge in [0.1, 0.15) is 18.8 Å². The third-order valence-electron chi connectivity index (χ3n) is 3.18. The molecule has 104 valence electrons. The molecule has 1 unspecified atom stereocenters. The maximum Gasteiger partial charge on any atom is 0.249 e. The zero-order valence-corrected chi connectivity index (χ0v) is 10.9. The topological polar surface area (TPSA) is 81.9 Å². The Balaban J connectivity index is 1.70. The van der Waals surface area contributed by atoms with E-state index in [1.54, 1.807) is 17.2 Å². The summed E-state index contributed by atoms with van der Waals surface area (Å²) >= 11 is 0. The average molecular weight is 273 g/mol. The Morgan fingerprint density at radius 1 is 1.55 bits per heavy atom. The van der Waals surface area contributed by atoms with Crippen molar-refractivity contribution in [2.75, 3.05) is 6.61 Å². The van der Waals surface area contributed by atoms with E-state index in [2.05, 4.69) is 20.4 Å². The standard InChI is InChI=1S/C13H15N5O2/c19-13(11-4-2-6-20-11)16-7-10-3-1-5-15-12(10)18-9-14-8-17-18/h1,3,5,8-9,11H,2,4,6-7H2,(H,16,19). The molecule has 2 aromatic heterocycles. The quantitative estimate of drug-likeness (QED) is 0.875. The molecule has 1 amide bonds. The number of carbonyl (C=O) groups is 1. The number of hydrogen-bond donors (Lipinski definition) is 1. The largest absolute Gasteiger partial charge is 0.368 e. The fourth-order valence-corrected chi connectivity index (χ4v) is 2.17. The van der Waals surface area contributed by atoms with Gasteiger partial charge in [-0.3, -0.25) is 4.79 Å². The Hall–Kier alpha value is -2.28. The minimum atomic E-state index is -0.318. The molecule has 20 heavy (non-hydrogen) atoms. The smallest absolute Gasteiger partial charge is 0.249 e. The Bertz CT molecular complexity index is 578. The Morgan fingerprint density at radius 2 is 2.50 bits per heavy atom. The number of hydrogen-bond acceptors (Lipinski definition) is 5. The summed E-state index contributed by atoms with van der Waals surface area (Å²) < 4.78 is 6.93. The lowest BCUT2D eigenvalue weighted by Gasteiger charge is -2.12. The number of rotatable bonds is 4. The first-order valence-corrected chi connectivity index (χ1v) is 6.53. The molecule has 3 rings (SSSR count). The highest BCUT2D eigenvalue weighted by Crippen LogP contribution is 2.13. The second kappa shape index (κ2) is 5.79. The fraction of sp³-hybridized carbons (Fsp3) is 0.385. The zero-order valence-electron chi connectivity index (χ0n) is 10.9. The molecular formula is C13H15N5O2. The molecule has 7 nitrogen and oxygen atoms in total. The molecule has 0 bridgehead atoms. The van der Waals surface area contributed by atoms with Gasteiger partial charge >= 0.3 is 0 Å². The molecule has 0 aromatic carbocycles. The molecular weight excluding hydrogens is 258 g/mol. The SMILES string of the molecule is O=C(NCc1cccnc1-n1cncn1)C1CCCO1. The number of pyridine rings is 1. The summed E-state index contributed by atoms with van der Waals surface area (Å²) in [5.74, 6) is 0.591. The molecule has 1 saturated heterocycles. The number of carbonyl (C=O) groups excluding carboxylic acids is 1. The van der Waals surface area contributed by atoms with Crippen LogP contribution < -0.4 is 5.32 Å². The predicted molar refractivity (Wildman–Crippen MR) is 70.0 cm³/mol. The lowest BCUT2D eigenvalue weighted by Crippen LogP contribution is -2.33. The van der Waals surface area contributed by atoms with Crippen LogP contribution >= 0.6 is 0 Å². The molecule has 1 N–H and O–H groups in total. The van der Waals surface area contributed by atoms with Crippen molar-refractivity contribution in [1.82, 2.24) is 25.1 Å². The Labute approximate surface area is 116 Å². The van der Waals surface area contributed by atoms with Gasteiger partial charge in [0.25, 0.3) is 0 Å². The van der Waals surface area contributed by atoms with E-state index in [1.807, 2.05) is 12.1 Å². The van der Waals surface area contributed by atoms with Crippen molar-refractivity contribution < 1.29 is 9.53 Å². The number of amides is 1. The van der Waals surface area contributed by atoms with Gasteiger partial charge in [0.2, 0.25) is 5.91 Å². The highest BCUT2D eigenvalue weighted by atomic mass is 16.5. The molecule has 0 aliphatic carbocycles. The van der Waals surface area contributed by atoms with E-state index in [-0.39, 0.29) is 12.0 Å². The molecule has 1 aliphatic rings. The van der Waals surface area contributed by atoms with E-state index in [0.29, 0.717) is 19.0 Å². The van der Waals surface area contributed by atoms with Crippen molar-refractivity contribution in [2.24, 2.45) is 0 Å². The first-order chi connectivity index (χ1) is 9.84. The van der Waals surface area contributed by atoms with Crippen molar-refractivity contribution >= 4 is 5.91 Å². The molecule has 3 heterocycles. The van der Waals surface area contributed by atoms with Gasteiger partial charge < -0.3 is 10.1 Å². The van der Waals surface area contributed by atoms with Crippen LogP contribution in [-0.4, -0.2) is 38.4 Å². The minimum absolute atomic E-state index is 0.0732. The maximum absolute atomic E-state index is 11.9. The lowest BCUT2D eigenvalue weighted by molar-refractivity contribution is -0.130. The van der Waals surface area contributed by atoms with Crippen LogP contribution in [0.25, 0.3) is 5.82 Å². The summed E-state index contributed by atoms with van der Waals surface area (Å²) in [7, 11) is 0. The van der Waals surface area contributed by atoms with Gasteiger partial charge in [0.05, 0.1) is 0 Å². The van der Waals surface area contributed by atoms with E-state index in [0.717, 1.165) is 18.4 Å². The summed E-state index contributed by atoms with van der Waals surface area (Å²) in [6, 6.07) is 3.73. The van der Waals surface area contributed by atoms with E-state index < -0.39 is 0 Å². The van der Waals surface area contributed by atoms with E-state index in [4.69, 9.17) is 4.74 Å². The molecule has 1 fully saturated rings. The Kier molecular flexibility index (Phi) is 3.69. The fourth-order valence-electron chi connectivity index (χ4n) is 2.17. The predicted octanol–water partition coefficient (Wildman–Crippen LogP) is 0.457. The normalized spacial score (nSPS) is 18.1. The maximum atomic E-state index is 11.9. The third-order valence-corrected chi connectivity index (χ3v) is 3.18. The first kappa shape index (κ1) is 12.7. The monoisotopic (exact) mass is 273 g/mol. The summed E-state index contributed by atoms with van der Waals surface area (Å²) in [5, 5.41) is 6.94. The van der Waals surface area contributed by atoms with Crippen molar-refractivity contribution in [3.8, 4) is 5.82 Å². The number of nitrogens with zero attached hydrogens (tertiary/aromatic N) is 4. The van der Waals surface area contributed by atoms with Crippen LogP contribution in [0.5, 0.6) is 0 Å². The Morgan fingerprint density at radius 3 is 3.25 bits per heavy atom. The van der Waals surface area contributed by atoms with Crippen molar-refractivity contribution in [1.29, 1.82) is 0 Å². The second-order valence-corrected chi connectivity index (χ2v) is 4.55. The highest BCUT2D eigenvalue weighted by molar-refractivity contribution is 5.81. The molecule has 7 heteroatoms. The molecule has 0 spiro atoms. The second-order valence-electron chi connectivity index (χ2n) is 4.55. The average Bonchev–Trinajstić information content (AvgIpc) is 3.17. The molecule has 1 atom stereocenters. The van der Waals surface area contributed by atoms with Crippen LogP contribution in [0.2, 0.25) is 0 Å². The van der Waals surface area contributed by atoms with Crippen LogP contribution in [0.1, 0.15) is 18.4 Å². The van der Waals surface area contributed by atoms with E-state index >= 15 is 0 Å². The first-order valence-electron chi connectivity index (χ1n) is 6.53. The molecule has 2 aromatic rings. The lowest BCUT2D eigenvalue weighted by atomic mass is 10.2. The third kappa shape index (κ3) is 2.67. The molecule has 1 aliphatic heterocycles. The zero-order chi connectivity index (χ0) is 13.8. The van der Waals surface area contributed by atoms with Crippen molar-refractivity contribution in [2.45, 2.75) is 25.5 Å². The van der Waals surface area contributed by atoms with Gasteiger partial charge in [-0.05, 0) is 18.9 Å². The highest BCUT2D eigenvalue weighted by Gasteiger charge is 2.23. The van der Waals surface area contributed by atoms with Crippen LogP contribution in [0.3, 0.4) is 0 Å². The minimum Gasteiger partial charge on any atom is -0.368 e.